The fourth-order valence-corrected chi connectivity index (χ4v) is 11.4. The van der Waals surface area contributed by atoms with Gasteiger partial charge < -0.3 is 29.7 Å². The molecule has 5 aliphatic carbocycles. The number of esters is 1. The minimum Gasteiger partial charge on any atom is -0.481 e. The fourth-order valence-electron chi connectivity index (χ4n) is 11.4. The summed E-state index contributed by atoms with van der Waals surface area (Å²) in [7, 11) is 0. The number of aliphatic carboxylic acids is 1. The highest BCUT2D eigenvalue weighted by Gasteiger charge is 2.92. The van der Waals surface area contributed by atoms with Crippen LogP contribution in [0.5, 0.6) is 0 Å². The Hall–Kier alpha value is -2.89. The van der Waals surface area contributed by atoms with E-state index in [4.69, 9.17) is 9.47 Å². The van der Waals surface area contributed by atoms with E-state index in [9.17, 15) is 39.3 Å². The third kappa shape index (κ3) is 3.57. The Kier molecular flexibility index (Phi) is 6.93. The number of hydrogen-bond acceptors (Lipinski definition) is 9. The van der Waals surface area contributed by atoms with Crippen LogP contribution in [-0.4, -0.2) is 87.3 Å². The fraction of sp³-hybridized carbons (Fsp3) is 0.743. The number of carbonyl (C=O) groups excluding carboxylic acids is 4. The Morgan fingerprint density at radius 1 is 1.02 bits per heavy atom. The number of ketones is 2. The van der Waals surface area contributed by atoms with E-state index < -0.39 is 87.0 Å². The van der Waals surface area contributed by atoms with Gasteiger partial charge in [-0.1, -0.05) is 39.5 Å². The van der Waals surface area contributed by atoms with E-state index >= 15 is 0 Å². The zero-order valence-corrected chi connectivity index (χ0v) is 26.8. The number of amides is 1. The second-order valence-electron chi connectivity index (χ2n) is 15.9. The molecule has 3 aliphatic heterocycles. The Morgan fingerprint density at radius 3 is 2.33 bits per heavy atom. The topological polar surface area (TPSA) is 168 Å². The second-order valence-corrected chi connectivity index (χ2v) is 15.9. The molecule has 0 aromatic rings. The van der Waals surface area contributed by atoms with Crippen molar-refractivity contribution in [3.63, 3.8) is 0 Å². The van der Waals surface area contributed by atoms with Crippen LogP contribution in [0, 0.1) is 51.2 Å². The highest BCUT2D eigenvalue weighted by Crippen LogP contribution is 2.81. The number of ether oxygens (including phenoxy) is 2. The van der Waals surface area contributed by atoms with Gasteiger partial charge in [-0.25, -0.2) is 0 Å². The molecule has 11 nitrogen and oxygen atoms in total. The van der Waals surface area contributed by atoms with E-state index in [-0.39, 0.29) is 43.4 Å². The van der Waals surface area contributed by atoms with Crippen molar-refractivity contribution in [3.8, 4) is 0 Å². The lowest BCUT2D eigenvalue weighted by atomic mass is 9.30. The normalized spacial score (nSPS) is 46.1. The number of rotatable bonds is 4. The van der Waals surface area contributed by atoms with Gasteiger partial charge in [0.25, 0.3) is 0 Å². The van der Waals surface area contributed by atoms with Crippen molar-refractivity contribution in [1.29, 1.82) is 0 Å². The summed E-state index contributed by atoms with van der Waals surface area (Å²) in [4.78, 5) is 69.3. The number of hydrogen-bond donors (Lipinski definition) is 3. The van der Waals surface area contributed by atoms with E-state index in [0.717, 1.165) is 0 Å². The number of likely N-dealkylation sites (tertiary alicyclic amines) is 1. The van der Waals surface area contributed by atoms with E-state index in [1.165, 1.54) is 0 Å². The molecule has 11 heteroatoms. The van der Waals surface area contributed by atoms with Gasteiger partial charge in [0.2, 0.25) is 11.7 Å². The number of nitrogens with zero attached hydrogens (tertiary/aromatic N) is 1. The maximum Gasteiger partial charge on any atom is 0.309 e. The van der Waals surface area contributed by atoms with Gasteiger partial charge in [0, 0.05) is 36.8 Å². The van der Waals surface area contributed by atoms with Crippen molar-refractivity contribution in [2.45, 2.75) is 90.1 Å². The maximum absolute atomic E-state index is 14.5. The molecule has 0 radical (unpaired) electrons. The molecule has 10 atom stereocenters. The van der Waals surface area contributed by atoms with Crippen molar-refractivity contribution in [2.24, 2.45) is 51.2 Å². The molecule has 3 heterocycles. The number of aliphatic hydroxyl groups is 2. The van der Waals surface area contributed by atoms with Gasteiger partial charge in [-0.2, -0.15) is 0 Å². The molecular weight excluding hydrogens is 594 g/mol. The number of Topliss-reactive ketones (excluding diaryl/α,β-unsaturated/α-hetero) is 2. The van der Waals surface area contributed by atoms with E-state index in [1.54, 1.807) is 11.0 Å². The zero-order valence-electron chi connectivity index (χ0n) is 26.8. The van der Waals surface area contributed by atoms with Crippen LogP contribution in [0.1, 0.15) is 72.1 Å². The SMILES string of the molecule is C=C1C(=O)[C@]23[C@H](OC(=O)C4CCN(C(=O)C5CC=CCC5C(=O)O)CC4)[C@H]1CC[C@@]2(C)[C@@]12CO[C@]3(O)[C@@H](O)[C@@H]1C(C)(C)CCC2=O. The Balaban J connectivity index is 1.17. The molecule has 8 rings (SSSR count). The summed E-state index contributed by atoms with van der Waals surface area (Å²) < 4.78 is 12.4. The molecule has 4 bridgehead atoms. The number of aliphatic hydroxyl groups excluding tert-OH is 1. The van der Waals surface area contributed by atoms with Crippen LogP contribution in [0.2, 0.25) is 0 Å². The predicted octanol–water partition coefficient (Wildman–Crippen LogP) is 2.43. The molecule has 250 valence electrons. The molecule has 2 spiro atoms. The summed E-state index contributed by atoms with van der Waals surface area (Å²) in [6.45, 7) is 10.3. The summed E-state index contributed by atoms with van der Waals surface area (Å²) in [5.74, 6) is -8.09. The van der Waals surface area contributed by atoms with E-state index in [0.29, 0.717) is 44.9 Å². The predicted molar refractivity (Wildman–Crippen MR) is 160 cm³/mol. The highest BCUT2D eigenvalue weighted by atomic mass is 16.6. The minimum absolute atomic E-state index is 0.0935. The van der Waals surface area contributed by atoms with Crippen LogP contribution in [0.15, 0.2) is 24.3 Å². The molecule has 46 heavy (non-hydrogen) atoms. The van der Waals surface area contributed by atoms with Gasteiger partial charge >= 0.3 is 11.9 Å². The van der Waals surface area contributed by atoms with E-state index in [1.807, 2.05) is 26.8 Å². The number of carbonyl (C=O) groups is 5. The monoisotopic (exact) mass is 639 g/mol. The van der Waals surface area contributed by atoms with Crippen LogP contribution in [0.25, 0.3) is 0 Å². The summed E-state index contributed by atoms with van der Waals surface area (Å²) in [6, 6.07) is 0. The molecule has 0 aromatic heterocycles. The van der Waals surface area contributed by atoms with Gasteiger partial charge in [-0.05, 0) is 55.9 Å². The van der Waals surface area contributed by atoms with Gasteiger partial charge in [0.15, 0.2) is 5.78 Å². The lowest BCUT2D eigenvalue weighted by molar-refractivity contribution is -0.458. The molecule has 2 unspecified atom stereocenters. The van der Waals surface area contributed by atoms with Crippen molar-refractivity contribution < 1.29 is 48.8 Å². The van der Waals surface area contributed by atoms with E-state index in [2.05, 4.69) is 6.58 Å². The summed E-state index contributed by atoms with van der Waals surface area (Å²) in [5.41, 5.74) is -4.66. The van der Waals surface area contributed by atoms with Crippen LogP contribution in [0.3, 0.4) is 0 Å². The maximum atomic E-state index is 14.5. The number of piperidine rings is 1. The molecule has 3 saturated heterocycles. The molecule has 4 saturated carbocycles. The van der Waals surface area contributed by atoms with Crippen molar-refractivity contribution >= 4 is 29.4 Å². The minimum atomic E-state index is -2.39. The first-order chi connectivity index (χ1) is 21.6. The third-order valence-electron chi connectivity index (χ3n) is 13.8. The average Bonchev–Trinajstić information content (AvgIpc) is 3.18. The number of fused-ring (bicyclic) bond motifs is 2. The van der Waals surface area contributed by atoms with Crippen molar-refractivity contribution in [2.75, 3.05) is 19.7 Å². The zero-order chi connectivity index (χ0) is 33.2. The molecule has 8 aliphatic rings. The molecule has 7 fully saturated rings. The summed E-state index contributed by atoms with van der Waals surface area (Å²) in [6.07, 6.45) is 3.76. The van der Waals surface area contributed by atoms with Crippen LogP contribution < -0.4 is 0 Å². The first kappa shape index (κ1) is 31.7. The van der Waals surface area contributed by atoms with Crippen LogP contribution >= 0.6 is 0 Å². The first-order valence-corrected chi connectivity index (χ1v) is 16.8. The Bertz CT molecular complexity index is 1460. The molecule has 0 aromatic carbocycles. The van der Waals surface area contributed by atoms with Gasteiger partial charge in [-0.3, -0.25) is 24.0 Å². The quantitative estimate of drug-likeness (QED) is 0.236. The molecule has 3 N–H and O–H groups in total. The average molecular weight is 640 g/mol. The Labute approximate surface area is 268 Å². The Morgan fingerprint density at radius 2 is 1.67 bits per heavy atom. The van der Waals surface area contributed by atoms with Crippen molar-refractivity contribution in [1.82, 2.24) is 4.90 Å². The smallest absolute Gasteiger partial charge is 0.309 e. The number of allylic oxidation sites excluding steroid dienone is 2. The van der Waals surface area contributed by atoms with Gasteiger partial charge in [0.1, 0.15) is 23.4 Å². The summed E-state index contributed by atoms with van der Waals surface area (Å²) in [5, 5.41) is 34.1. The number of carboxylic acid groups (broad SMARTS) is 1. The van der Waals surface area contributed by atoms with Crippen molar-refractivity contribution in [3.05, 3.63) is 24.3 Å². The third-order valence-corrected chi connectivity index (χ3v) is 13.8. The lowest BCUT2D eigenvalue weighted by Gasteiger charge is -2.77. The molecule has 1 amide bonds. The van der Waals surface area contributed by atoms with Crippen LogP contribution in [-0.2, 0) is 33.4 Å². The van der Waals surface area contributed by atoms with Gasteiger partial charge in [0.05, 0.1) is 29.8 Å². The number of carboxylic acids is 1. The van der Waals surface area contributed by atoms with Crippen LogP contribution in [0.4, 0.5) is 0 Å². The standard InChI is InChI=1S/C35H45NO10/c1-18-20-9-14-32(4)33-17-45-35(44,26(39)24(33)31(2,3)13-10-23(33)37)34(32,25(18)38)27(20)46-30(43)19-11-15-36(16-12-19)28(40)21-7-5-6-8-22(21)29(41)42/h5-6,19-22,24,26-27,39,44H,1,7-17H2,2-4H3,(H,41,42)/t20-,21?,22?,24+,26-,27+,32-,33+,34-,35+/m0/s1. The van der Waals surface area contributed by atoms with Gasteiger partial charge in [-0.15, -0.1) is 0 Å². The molecular formula is C35H45NO10. The summed E-state index contributed by atoms with van der Waals surface area (Å²) >= 11 is 0. The first-order valence-electron chi connectivity index (χ1n) is 16.8. The second kappa shape index (κ2) is 10.1. The lowest BCUT2D eigenvalue weighted by Crippen LogP contribution is -2.88. The highest BCUT2D eigenvalue weighted by molar-refractivity contribution is 6.07. The largest absolute Gasteiger partial charge is 0.481 e.